The first-order valence-electron chi connectivity index (χ1n) is 7.03. The van der Waals surface area contributed by atoms with E-state index in [1.165, 1.54) is 18.2 Å². The third-order valence-corrected chi connectivity index (χ3v) is 3.39. The molecule has 1 amide bonds. The molecule has 0 aliphatic carbocycles. The molecular weight excluding hydrogens is 294 g/mol. The average molecular weight is 311 g/mol. The number of aromatic carboxylic acids is 1. The molecule has 23 heavy (non-hydrogen) atoms. The van der Waals surface area contributed by atoms with Gasteiger partial charge in [-0.2, -0.15) is 0 Å². The molecule has 5 heteroatoms. The lowest BCUT2D eigenvalue weighted by Gasteiger charge is -2.06. The number of aryl methyl sites for hydroxylation is 1. The average Bonchev–Trinajstić information content (AvgIpc) is 2.54. The summed E-state index contributed by atoms with van der Waals surface area (Å²) in [6.45, 7) is 1.83. The van der Waals surface area contributed by atoms with Crippen LogP contribution in [-0.4, -0.2) is 22.1 Å². The van der Waals surface area contributed by atoms with Gasteiger partial charge in [-0.25, -0.2) is 4.79 Å². The van der Waals surface area contributed by atoms with E-state index in [2.05, 4.69) is 5.32 Å². The highest BCUT2D eigenvalue weighted by atomic mass is 16.4. The van der Waals surface area contributed by atoms with E-state index < -0.39 is 11.9 Å². The van der Waals surface area contributed by atoms with Crippen LogP contribution in [0.2, 0.25) is 0 Å². The van der Waals surface area contributed by atoms with Crippen LogP contribution in [0.15, 0.2) is 48.5 Å². The Hall–Kier alpha value is -2.92. The fourth-order valence-electron chi connectivity index (χ4n) is 2.09. The van der Waals surface area contributed by atoms with Crippen molar-refractivity contribution in [3.63, 3.8) is 0 Å². The Labute approximate surface area is 133 Å². The van der Waals surface area contributed by atoms with Crippen LogP contribution >= 0.6 is 0 Å². The highest BCUT2D eigenvalue weighted by Crippen LogP contribution is 2.16. The minimum Gasteiger partial charge on any atom is -0.478 e. The Morgan fingerprint density at radius 3 is 2.61 bits per heavy atom. The van der Waals surface area contributed by atoms with Crippen LogP contribution in [0.25, 0.3) is 6.08 Å². The highest BCUT2D eigenvalue weighted by Gasteiger charge is 2.10. The molecule has 0 spiro atoms. The van der Waals surface area contributed by atoms with E-state index in [-0.39, 0.29) is 17.9 Å². The lowest BCUT2D eigenvalue weighted by molar-refractivity contribution is -0.111. The maximum atomic E-state index is 11.9. The number of carboxylic acids is 1. The van der Waals surface area contributed by atoms with Crippen molar-refractivity contribution >= 4 is 23.6 Å². The van der Waals surface area contributed by atoms with E-state index in [1.54, 1.807) is 24.3 Å². The first-order valence-corrected chi connectivity index (χ1v) is 7.03. The van der Waals surface area contributed by atoms with Gasteiger partial charge >= 0.3 is 5.97 Å². The number of benzene rings is 2. The molecule has 0 saturated heterocycles. The molecule has 118 valence electrons. The molecule has 0 bridgehead atoms. The van der Waals surface area contributed by atoms with Crippen LogP contribution in [0.3, 0.4) is 0 Å². The number of hydrogen-bond acceptors (Lipinski definition) is 3. The number of aliphatic hydroxyl groups excluding tert-OH is 1. The van der Waals surface area contributed by atoms with Crippen molar-refractivity contribution in [2.45, 2.75) is 13.5 Å². The molecule has 0 aromatic heterocycles. The summed E-state index contributed by atoms with van der Waals surface area (Å²) in [4.78, 5) is 23.0. The molecule has 0 saturated carbocycles. The number of aliphatic hydroxyl groups is 1. The third kappa shape index (κ3) is 4.28. The summed E-state index contributed by atoms with van der Waals surface area (Å²) in [7, 11) is 0. The second kappa shape index (κ2) is 7.38. The van der Waals surface area contributed by atoms with Gasteiger partial charge in [-0.05, 0) is 47.9 Å². The molecule has 2 aromatic rings. The summed E-state index contributed by atoms with van der Waals surface area (Å²) in [6.07, 6.45) is 2.93. The lowest BCUT2D eigenvalue weighted by Crippen LogP contribution is -2.11. The highest BCUT2D eigenvalue weighted by molar-refractivity contribution is 6.06. The quantitative estimate of drug-likeness (QED) is 0.741. The van der Waals surface area contributed by atoms with Crippen molar-refractivity contribution < 1.29 is 19.8 Å². The van der Waals surface area contributed by atoms with Gasteiger partial charge in [0.2, 0.25) is 5.91 Å². The number of amides is 1. The smallest absolute Gasteiger partial charge is 0.337 e. The van der Waals surface area contributed by atoms with Gasteiger partial charge in [-0.1, -0.05) is 24.3 Å². The van der Waals surface area contributed by atoms with Crippen molar-refractivity contribution in [3.05, 3.63) is 70.8 Å². The number of para-hydroxylation sites is 1. The zero-order chi connectivity index (χ0) is 16.8. The summed E-state index contributed by atoms with van der Waals surface area (Å²) < 4.78 is 0. The van der Waals surface area contributed by atoms with Gasteiger partial charge in [-0.3, -0.25) is 4.79 Å². The summed E-state index contributed by atoms with van der Waals surface area (Å²) in [5.41, 5.74) is 2.83. The van der Waals surface area contributed by atoms with Crippen molar-refractivity contribution in [1.82, 2.24) is 0 Å². The largest absolute Gasteiger partial charge is 0.478 e. The van der Waals surface area contributed by atoms with E-state index in [4.69, 9.17) is 5.11 Å². The molecule has 0 unspecified atom stereocenters. The van der Waals surface area contributed by atoms with Crippen LogP contribution in [0.4, 0.5) is 5.69 Å². The first kappa shape index (κ1) is 16.5. The van der Waals surface area contributed by atoms with E-state index in [1.807, 2.05) is 19.1 Å². The van der Waals surface area contributed by atoms with E-state index in [0.29, 0.717) is 0 Å². The normalized spacial score (nSPS) is 10.7. The zero-order valence-corrected chi connectivity index (χ0v) is 12.6. The minimum absolute atomic E-state index is 0.0344. The monoisotopic (exact) mass is 311 g/mol. The number of hydrogen-bond donors (Lipinski definition) is 3. The third-order valence-electron chi connectivity index (χ3n) is 3.39. The van der Waals surface area contributed by atoms with Crippen LogP contribution < -0.4 is 5.32 Å². The van der Waals surface area contributed by atoms with E-state index in [9.17, 15) is 14.7 Å². The summed E-state index contributed by atoms with van der Waals surface area (Å²) in [5.74, 6) is -1.53. The predicted octanol–water partition coefficient (Wildman–Crippen LogP) is 2.84. The maximum absolute atomic E-state index is 11.9. The number of rotatable bonds is 5. The van der Waals surface area contributed by atoms with Crippen molar-refractivity contribution in [1.29, 1.82) is 0 Å². The van der Waals surface area contributed by atoms with Crippen LogP contribution in [0.1, 0.15) is 27.0 Å². The van der Waals surface area contributed by atoms with Gasteiger partial charge in [0.25, 0.3) is 0 Å². The molecule has 2 aromatic carbocycles. The standard InChI is InChI=1S/C18H17NO4/c1-12-6-7-13(10-14(12)11-20)8-9-17(21)19-16-5-3-2-4-15(16)18(22)23/h2-10,20H,11H2,1H3,(H,19,21)(H,22,23)/b9-8+. The molecule has 3 N–H and O–H groups in total. The van der Waals surface area contributed by atoms with Gasteiger partial charge in [0.15, 0.2) is 0 Å². The number of carbonyl (C=O) groups excluding carboxylic acids is 1. The number of carbonyl (C=O) groups is 2. The van der Waals surface area contributed by atoms with E-state index >= 15 is 0 Å². The first-order chi connectivity index (χ1) is 11.0. The molecule has 0 fully saturated rings. The van der Waals surface area contributed by atoms with E-state index in [0.717, 1.165) is 16.7 Å². The fourth-order valence-corrected chi connectivity index (χ4v) is 2.09. The molecule has 0 heterocycles. The van der Waals surface area contributed by atoms with Gasteiger partial charge in [0.1, 0.15) is 0 Å². The number of nitrogens with one attached hydrogen (secondary N) is 1. The lowest BCUT2D eigenvalue weighted by atomic mass is 10.1. The molecular formula is C18H17NO4. The number of carboxylic acid groups (broad SMARTS) is 1. The second-order valence-corrected chi connectivity index (χ2v) is 5.02. The molecule has 0 aliphatic rings. The molecule has 0 aliphatic heterocycles. The molecule has 0 atom stereocenters. The molecule has 2 rings (SSSR count). The maximum Gasteiger partial charge on any atom is 0.337 e. The number of anilines is 1. The Morgan fingerprint density at radius 2 is 1.91 bits per heavy atom. The van der Waals surface area contributed by atoms with Crippen LogP contribution in [-0.2, 0) is 11.4 Å². The summed E-state index contributed by atoms with van der Waals surface area (Å²) in [5, 5.41) is 20.9. The van der Waals surface area contributed by atoms with Crippen LogP contribution in [0.5, 0.6) is 0 Å². The minimum atomic E-state index is -1.10. The Kier molecular flexibility index (Phi) is 5.28. The summed E-state index contributed by atoms with van der Waals surface area (Å²) in [6, 6.07) is 11.7. The SMILES string of the molecule is Cc1ccc(/C=C/C(=O)Nc2ccccc2C(=O)O)cc1CO. The Bertz CT molecular complexity index is 765. The second-order valence-electron chi connectivity index (χ2n) is 5.02. The topological polar surface area (TPSA) is 86.6 Å². The Morgan fingerprint density at radius 1 is 1.17 bits per heavy atom. The van der Waals surface area contributed by atoms with Crippen molar-refractivity contribution in [2.24, 2.45) is 0 Å². The van der Waals surface area contributed by atoms with Crippen LogP contribution in [0, 0.1) is 6.92 Å². The molecule has 0 radical (unpaired) electrons. The molecule has 5 nitrogen and oxygen atoms in total. The Balaban J connectivity index is 2.12. The van der Waals surface area contributed by atoms with Gasteiger partial charge in [0, 0.05) is 6.08 Å². The van der Waals surface area contributed by atoms with Gasteiger partial charge < -0.3 is 15.5 Å². The zero-order valence-electron chi connectivity index (χ0n) is 12.6. The fraction of sp³-hybridized carbons (Fsp3) is 0.111. The predicted molar refractivity (Wildman–Crippen MR) is 88.2 cm³/mol. The summed E-state index contributed by atoms with van der Waals surface area (Å²) >= 11 is 0. The van der Waals surface area contributed by atoms with Gasteiger partial charge in [-0.15, -0.1) is 0 Å². The van der Waals surface area contributed by atoms with Gasteiger partial charge in [0.05, 0.1) is 17.9 Å². The van der Waals surface area contributed by atoms with Crippen molar-refractivity contribution in [3.8, 4) is 0 Å². The van der Waals surface area contributed by atoms with Crippen molar-refractivity contribution in [2.75, 3.05) is 5.32 Å².